The molecule has 0 bridgehead atoms. The summed E-state index contributed by atoms with van der Waals surface area (Å²) in [6, 6.07) is 0. The van der Waals surface area contributed by atoms with Crippen LogP contribution in [0.4, 0.5) is 0 Å². The largest absolute Gasteiger partial charge is 0.462 e. The lowest BCUT2D eigenvalue weighted by Crippen LogP contribution is -2.60. The maximum absolute atomic E-state index is 12.5. The first-order valence-corrected chi connectivity index (χ1v) is 17.2. The number of carbonyl (C=O) groups excluding carboxylic acids is 2. The Morgan fingerprint density at radius 1 is 0.714 bits per heavy atom. The third kappa shape index (κ3) is 17.7. The normalized spacial score (nSPS) is 23.4. The Labute approximate surface area is 251 Å². The molecule has 12 nitrogen and oxygen atoms in total. The van der Waals surface area contributed by atoms with Crippen LogP contribution in [0.15, 0.2) is 0 Å². The van der Waals surface area contributed by atoms with E-state index in [1.165, 1.54) is 25.7 Å². The van der Waals surface area contributed by atoms with Crippen LogP contribution in [-0.2, 0) is 38.7 Å². The van der Waals surface area contributed by atoms with E-state index in [-0.39, 0.29) is 19.4 Å². The Morgan fingerprint density at radius 2 is 1.21 bits per heavy atom. The predicted molar refractivity (Wildman–Crippen MR) is 155 cm³/mol. The van der Waals surface area contributed by atoms with Gasteiger partial charge in [0.2, 0.25) is 0 Å². The number of hydrogen-bond donors (Lipinski definition) is 4. The second kappa shape index (κ2) is 22.2. The molecule has 1 saturated heterocycles. The van der Waals surface area contributed by atoms with Gasteiger partial charge in [0.15, 0.2) is 12.4 Å². The maximum Gasteiger partial charge on any atom is 0.306 e. The van der Waals surface area contributed by atoms with Gasteiger partial charge in [0.05, 0.1) is 6.61 Å². The Kier molecular flexibility index (Phi) is 20.4. The highest BCUT2D eigenvalue weighted by atomic mass is 32.2. The van der Waals surface area contributed by atoms with Gasteiger partial charge in [0, 0.05) is 12.8 Å². The van der Waals surface area contributed by atoms with Crippen molar-refractivity contribution in [2.24, 2.45) is 0 Å². The molecule has 1 fully saturated rings. The molecular weight excluding hydrogens is 572 g/mol. The van der Waals surface area contributed by atoms with E-state index in [1.54, 1.807) is 0 Å². The molecule has 1 aliphatic rings. The van der Waals surface area contributed by atoms with E-state index in [9.17, 15) is 33.3 Å². The number of unbranched alkanes of at least 4 members (excludes halogenated alkanes) is 12. The minimum absolute atomic E-state index is 0.168. The van der Waals surface area contributed by atoms with Crippen LogP contribution in [0.3, 0.4) is 0 Å². The van der Waals surface area contributed by atoms with Gasteiger partial charge < -0.3 is 34.3 Å². The number of rotatable bonds is 24. The average molecular weight is 627 g/mol. The molecule has 1 aliphatic heterocycles. The van der Waals surface area contributed by atoms with E-state index in [0.717, 1.165) is 51.4 Å². The zero-order valence-corrected chi connectivity index (χ0v) is 26.2. The molecule has 42 heavy (non-hydrogen) atoms. The number of aliphatic hydroxyl groups excluding tert-OH is 3. The summed E-state index contributed by atoms with van der Waals surface area (Å²) in [5.41, 5.74) is 0. The van der Waals surface area contributed by atoms with Crippen molar-refractivity contribution in [3.8, 4) is 0 Å². The maximum atomic E-state index is 12.5. The fourth-order valence-electron chi connectivity index (χ4n) is 4.67. The molecule has 0 saturated carbocycles. The Balaban J connectivity index is 2.64. The molecule has 0 radical (unpaired) electrons. The second-order valence-electron chi connectivity index (χ2n) is 11.1. The first-order valence-electron chi connectivity index (χ1n) is 15.6. The zero-order valence-electron chi connectivity index (χ0n) is 25.4. The molecular formula is C29H54O12S. The van der Waals surface area contributed by atoms with Crippen LogP contribution >= 0.6 is 0 Å². The fraction of sp³-hybridized carbons (Fsp3) is 0.931. The SMILES string of the molecule is CCCCCCCCCCC(=O)O[C@H](COC(=O)CCCCCCCC)CO[C@@H]1O[C@H](CS(=O)(=O)O)[C@@H](O)[C@H](O)[C@H]1O. The van der Waals surface area contributed by atoms with Crippen molar-refractivity contribution in [2.75, 3.05) is 19.0 Å². The number of esters is 2. The summed E-state index contributed by atoms with van der Waals surface area (Å²) in [6.45, 7) is 3.58. The van der Waals surface area contributed by atoms with Gasteiger partial charge in [-0.3, -0.25) is 14.1 Å². The molecule has 1 rings (SSSR count). The average Bonchev–Trinajstić information content (AvgIpc) is 2.93. The predicted octanol–water partition coefficient (Wildman–Crippen LogP) is 3.43. The summed E-state index contributed by atoms with van der Waals surface area (Å²) in [6.07, 6.45) is 5.24. The van der Waals surface area contributed by atoms with E-state index in [0.29, 0.717) is 12.8 Å². The van der Waals surface area contributed by atoms with Crippen LogP contribution in [0, 0.1) is 0 Å². The monoisotopic (exact) mass is 626 g/mol. The van der Waals surface area contributed by atoms with Crippen LogP contribution in [0.5, 0.6) is 0 Å². The molecule has 0 aromatic rings. The lowest BCUT2D eigenvalue weighted by molar-refractivity contribution is -0.297. The van der Waals surface area contributed by atoms with Crippen molar-refractivity contribution in [3.05, 3.63) is 0 Å². The minimum atomic E-state index is -4.58. The summed E-state index contributed by atoms with van der Waals surface area (Å²) in [5, 5.41) is 30.5. The first kappa shape index (κ1) is 38.7. The zero-order chi connectivity index (χ0) is 31.4. The van der Waals surface area contributed by atoms with E-state index < -0.39 is 71.2 Å². The summed E-state index contributed by atoms with van der Waals surface area (Å²) >= 11 is 0. The molecule has 0 aliphatic carbocycles. The first-order chi connectivity index (χ1) is 20.0. The van der Waals surface area contributed by atoms with Crippen molar-refractivity contribution in [2.45, 2.75) is 153 Å². The smallest absolute Gasteiger partial charge is 0.306 e. The lowest BCUT2D eigenvalue weighted by Gasteiger charge is -2.40. The van der Waals surface area contributed by atoms with Crippen LogP contribution < -0.4 is 0 Å². The highest BCUT2D eigenvalue weighted by Crippen LogP contribution is 2.23. The topological polar surface area (TPSA) is 186 Å². The van der Waals surface area contributed by atoms with Crippen molar-refractivity contribution < 1.29 is 56.8 Å². The molecule has 0 aromatic carbocycles. The Morgan fingerprint density at radius 3 is 1.74 bits per heavy atom. The summed E-state index contributed by atoms with van der Waals surface area (Å²) in [4.78, 5) is 24.8. The quantitative estimate of drug-likeness (QED) is 0.0696. The molecule has 6 atom stereocenters. The van der Waals surface area contributed by atoms with Gasteiger partial charge in [-0.15, -0.1) is 0 Å². The molecule has 0 aromatic heterocycles. The third-order valence-electron chi connectivity index (χ3n) is 7.19. The second-order valence-corrected chi connectivity index (χ2v) is 12.6. The number of aliphatic hydroxyl groups is 3. The summed E-state index contributed by atoms with van der Waals surface area (Å²) in [7, 11) is -4.58. The third-order valence-corrected chi connectivity index (χ3v) is 7.94. The minimum Gasteiger partial charge on any atom is -0.462 e. The lowest BCUT2D eigenvalue weighted by atomic mass is 10.00. The molecule has 248 valence electrons. The number of carbonyl (C=O) groups is 2. The van der Waals surface area contributed by atoms with E-state index in [2.05, 4.69) is 13.8 Å². The fourth-order valence-corrected chi connectivity index (χ4v) is 5.36. The van der Waals surface area contributed by atoms with Crippen LogP contribution in [0.25, 0.3) is 0 Å². The van der Waals surface area contributed by atoms with E-state index >= 15 is 0 Å². The molecule has 0 spiro atoms. The van der Waals surface area contributed by atoms with Crippen molar-refractivity contribution >= 4 is 22.1 Å². The van der Waals surface area contributed by atoms with Gasteiger partial charge >= 0.3 is 11.9 Å². The van der Waals surface area contributed by atoms with Crippen LogP contribution in [0.2, 0.25) is 0 Å². The summed E-state index contributed by atoms with van der Waals surface area (Å²) < 4.78 is 53.3. The number of ether oxygens (including phenoxy) is 4. The van der Waals surface area contributed by atoms with Gasteiger partial charge in [-0.2, -0.15) is 8.42 Å². The molecule has 4 N–H and O–H groups in total. The Bertz CT molecular complexity index is 836. The van der Waals surface area contributed by atoms with Gasteiger partial charge in [-0.1, -0.05) is 90.9 Å². The highest BCUT2D eigenvalue weighted by molar-refractivity contribution is 7.85. The number of hydrogen-bond acceptors (Lipinski definition) is 11. The van der Waals surface area contributed by atoms with E-state index in [1.807, 2.05) is 0 Å². The molecule has 0 amide bonds. The molecule has 13 heteroatoms. The van der Waals surface area contributed by atoms with Crippen LogP contribution in [0.1, 0.15) is 117 Å². The van der Waals surface area contributed by atoms with Crippen molar-refractivity contribution in [1.29, 1.82) is 0 Å². The Hall–Kier alpha value is -1.35. The highest BCUT2D eigenvalue weighted by Gasteiger charge is 2.46. The van der Waals surface area contributed by atoms with E-state index in [4.69, 9.17) is 23.5 Å². The van der Waals surface area contributed by atoms with Crippen molar-refractivity contribution in [1.82, 2.24) is 0 Å². The standard InChI is InChI=1S/C29H54O12S/c1-3-5-7-9-11-12-14-16-18-25(31)40-22(19-38-24(30)17-15-13-10-8-6-4-2)20-39-29-28(34)27(33)26(32)23(41-29)21-42(35,36)37/h22-23,26-29,32-34H,3-21H2,1-2H3,(H,35,36,37)/t22-,23-,26-,27+,28-,29-/m1/s1. The van der Waals surface area contributed by atoms with Crippen LogP contribution in [-0.4, -0.2) is 96.0 Å². The molecule has 1 heterocycles. The summed E-state index contributed by atoms with van der Waals surface area (Å²) in [5.74, 6) is -1.99. The van der Waals surface area contributed by atoms with Crippen molar-refractivity contribution in [3.63, 3.8) is 0 Å². The van der Waals surface area contributed by atoms with Gasteiger partial charge in [-0.25, -0.2) is 0 Å². The van der Waals surface area contributed by atoms with Gasteiger partial charge in [0.1, 0.15) is 36.8 Å². The van der Waals surface area contributed by atoms with Gasteiger partial charge in [-0.05, 0) is 12.8 Å². The van der Waals surface area contributed by atoms with Gasteiger partial charge in [0.25, 0.3) is 10.1 Å². The molecule has 0 unspecified atom stereocenters.